The number of hydrogen-bond acceptors (Lipinski definition) is 7. The Bertz CT molecular complexity index is 1530. The standard InChI is InChI=1S/C30H34FN7O2.2C2H6/c1-20-3-4-24(15-23(20)19-36-10-8-32-21(2)18-36)34-30-33-17-22-7-9-38(28(22)35-30)25-5-6-26(27(31)16-25)29(39)37-11-13-40-14-12-37;2*1-2/h3-7,9,15-17,21,32H,8,10-14,18-19H2,1-2H3,(H,33,34,35);2*1-2H3/t21-;;/m0../s1. The number of nitrogens with zero attached hydrogens (tertiary/aromatic N) is 5. The summed E-state index contributed by atoms with van der Waals surface area (Å²) in [5, 5.41) is 7.67. The highest BCUT2D eigenvalue weighted by Crippen LogP contribution is 2.24. The van der Waals surface area contributed by atoms with E-state index >= 15 is 4.39 Å². The topological polar surface area (TPSA) is 87.5 Å². The summed E-state index contributed by atoms with van der Waals surface area (Å²) in [6.45, 7) is 18.2. The monoisotopic (exact) mass is 603 g/mol. The van der Waals surface area contributed by atoms with E-state index in [1.54, 1.807) is 27.8 Å². The van der Waals surface area contributed by atoms with Gasteiger partial charge < -0.3 is 24.8 Å². The SMILES string of the molecule is CC.CC.Cc1ccc(Nc2ncc3ccn(-c4ccc(C(=O)N5CCOCC5)c(F)c4)c3n2)cc1CN1CCN[C@@H](C)C1. The summed E-state index contributed by atoms with van der Waals surface area (Å²) >= 11 is 0. The van der Waals surface area contributed by atoms with Crippen LogP contribution in [0, 0.1) is 12.7 Å². The molecule has 4 aromatic rings. The average Bonchev–Trinajstić information content (AvgIpc) is 3.48. The van der Waals surface area contributed by atoms with Gasteiger partial charge >= 0.3 is 0 Å². The van der Waals surface area contributed by atoms with E-state index in [0.29, 0.717) is 49.6 Å². The van der Waals surface area contributed by atoms with E-state index in [4.69, 9.17) is 9.72 Å². The Morgan fingerprint density at radius 3 is 2.57 bits per heavy atom. The maximum absolute atomic E-state index is 15.1. The zero-order chi connectivity index (χ0) is 31.6. The fourth-order valence-electron chi connectivity index (χ4n) is 5.40. The van der Waals surface area contributed by atoms with Crippen LogP contribution in [0.1, 0.15) is 56.1 Å². The molecule has 9 nitrogen and oxygen atoms in total. The van der Waals surface area contributed by atoms with Crippen molar-refractivity contribution in [1.82, 2.24) is 29.7 Å². The number of ether oxygens (including phenoxy) is 1. The summed E-state index contributed by atoms with van der Waals surface area (Å²) in [5.41, 5.74) is 4.72. The van der Waals surface area contributed by atoms with Gasteiger partial charge in [0.1, 0.15) is 11.5 Å². The van der Waals surface area contributed by atoms with Crippen molar-refractivity contribution in [3.05, 3.63) is 77.4 Å². The number of carbonyl (C=O) groups is 1. The van der Waals surface area contributed by atoms with Crippen LogP contribution >= 0.6 is 0 Å². The molecule has 0 radical (unpaired) electrons. The molecule has 2 fully saturated rings. The van der Waals surface area contributed by atoms with E-state index in [9.17, 15) is 4.79 Å². The Hall–Kier alpha value is -3.86. The first-order chi connectivity index (χ1) is 21.4. The van der Waals surface area contributed by atoms with Crippen molar-refractivity contribution in [3.8, 4) is 5.69 Å². The van der Waals surface area contributed by atoms with Gasteiger partial charge in [-0.05, 0) is 61.4 Å². The van der Waals surface area contributed by atoms with Gasteiger partial charge in [-0.3, -0.25) is 9.69 Å². The highest BCUT2D eigenvalue weighted by molar-refractivity contribution is 5.95. The van der Waals surface area contributed by atoms with Crippen LogP contribution in [0.25, 0.3) is 16.7 Å². The molecule has 0 aliphatic carbocycles. The van der Waals surface area contributed by atoms with Crippen molar-refractivity contribution in [1.29, 1.82) is 0 Å². The minimum absolute atomic E-state index is 0.0598. The van der Waals surface area contributed by atoms with Gasteiger partial charge in [-0.15, -0.1) is 0 Å². The van der Waals surface area contributed by atoms with E-state index in [2.05, 4.69) is 46.5 Å². The van der Waals surface area contributed by atoms with Crippen LogP contribution in [-0.4, -0.2) is 82.2 Å². The van der Waals surface area contributed by atoms with Crippen LogP contribution in [-0.2, 0) is 11.3 Å². The third kappa shape index (κ3) is 7.80. The number of carbonyl (C=O) groups excluding carboxylic acids is 1. The number of rotatable bonds is 6. The number of amides is 1. The predicted octanol–water partition coefficient (Wildman–Crippen LogP) is 5.93. The van der Waals surface area contributed by atoms with Crippen molar-refractivity contribution in [2.24, 2.45) is 0 Å². The Labute approximate surface area is 260 Å². The molecule has 0 saturated carbocycles. The predicted molar refractivity (Wildman–Crippen MR) is 175 cm³/mol. The van der Waals surface area contributed by atoms with Gasteiger partial charge in [0.2, 0.25) is 5.95 Å². The second kappa shape index (κ2) is 15.7. The number of aromatic nitrogens is 3. The molecule has 0 spiro atoms. The Morgan fingerprint density at radius 2 is 1.84 bits per heavy atom. The van der Waals surface area contributed by atoms with Crippen molar-refractivity contribution in [2.75, 3.05) is 51.3 Å². The number of hydrogen-bond donors (Lipinski definition) is 2. The molecule has 6 rings (SSSR count). The molecule has 44 heavy (non-hydrogen) atoms. The van der Waals surface area contributed by atoms with Crippen molar-refractivity contribution >= 4 is 28.6 Å². The highest BCUT2D eigenvalue weighted by atomic mass is 19.1. The molecule has 1 atom stereocenters. The fraction of sp³-hybridized carbons (Fsp3) is 0.441. The number of nitrogens with one attached hydrogen (secondary N) is 2. The first-order valence-corrected chi connectivity index (χ1v) is 15.8. The molecular weight excluding hydrogens is 557 g/mol. The lowest BCUT2D eigenvalue weighted by Crippen LogP contribution is -2.48. The van der Waals surface area contributed by atoms with Gasteiger partial charge in [0.15, 0.2) is 0 Å². The number of benzene rings is 2. The number of piperazine rings is 1. The third-order valence-corrected chi connectivity index (χ3v) is 7.64. The summed E-state index contributed by atoms with van der Waals surface area (Å²) in [4.78, 5) is 26.2. The lowest BCUT2D eigenvalue weighted by molar-refractivity contribution is 0.0300. The molecule has 2 aromatic carbocycles. The Balaban J connectivity index is 0.00000106. The molecule has 236 valence electrons. The summed E-state index contributed by atoms with van der Waals surface area (Å²) in [6, 6.07) is 13.4. The van der Waals surface area contributed by atoms with Crippen LogP contribution in [0.5, 0.6) is 0 Å². The largest absolute Gasteiger partial charge is 0.378 e. The lowest BCUT2D eigenvalue weighted by atomic mass is 10.1. The average molecular weight is 604 g/mol. The van der Waals surface area contributed by atoms with E-state index in [0.717, 1.165) is 37.3 Å². The Morgan fingerprint density at radius 1 is 1.07 bits per heavy atom. The second-order valence-corrected chi connectivity index (χ2v) is 10.6. The molecule has 1 amide bonds. The fourth-order valence-corrected chi connectivity index (χ4v) is 5.40. The quantitative estimate of drug-likeness (QED) is 0.283. The van der Waals surface area contributed by atoms with E-state index in [-0.39, 0.29) is 11.5 Å². The van der Waals surface area contributed by atoms with Crippen LogP contribution in [0.15, 0.2) is 54.9 Å². The molecule has 2 saturated heterocycles. The lowest BCUT2D eigenvalue weighted by Gasteiger charge is -2.32. The molecule has 0 bridgehead atoms. The van der Waals surface area contributed by atoms with Gasteiger partial charge in [-0.2, -0.15) is 4.98 Å². The van der Waals surface area contributed by atoms with Crippen LogP contribution in [0.3, 0.4) is 0 Å². The van der Waals surface area contributed by atoms with Crippen molar-refractivity contribution < 1.29 is 13.9 Å². The number of anilines is 2. The third-order valence-electron chi connectivity index (χ3n) is 7.64. The summed E-state index contributed by atoms with van der Waals surface area (Å²) in [5.74, 6) is -0.422. The zero-order valence-corrected chi connectivity index (χ0v) is 26.9. The van der Waals surface area contributed by atoms with E-state index in [1.165, 1.54) is 17.2 Å². The molecule has 2 N–H and O–H groups in total. The minimum Gasteiger partial charge on any atom is -0.378 e. The van der Waals surface area contributed by atoms with E-state index < -0.39 is 5.82 Å². The maximum atomic E-state index is 15.1. The zero-order valence-electron chi connectivity index (χ0n) is 26.9. The summed E-state index contributed by atoms with van der Waals surface area (Å²) in [7, 11) is 0. The first kappa shape index (κ1) is 33.0. The molecular formula is C34H46FN7O2. The van der Waals surface area contributed by atoms with Gasteiger partial charge in [0.05, 0.1) is 18.8 Å². The van der Waals surface area contributed by atoms with Crippen LogP contribution < -0.4 is 10.6 Å². The normalized spacial score (nSPS) is 16.9. The first-order valence-electron chi connectivity index (χ1n) is 15.8. The number of aryl methyl sites for hydroxylation is 1. The number of morpholine rings is 1. The van der Waals surface area contributed by atoms with Gasteiger partial charge in [-0.1, -0.05) is 33.8 Å². The highest BCUT2D eigenvalue weighted by Gasteiger charge is 2.22. The molecule has 2 aliphatic heterocycles. The summed E-state index contributed by atoms with van der Waals surface area (Å²) < 4.78 is 22.2. The van der Waals surface area contributed by atoms with Gasteiger partial charge in [-0.25, -0.2) is 9.37 Å². The second-order valence-electron chi connectivity index (χ2n) is 10.6. The molecule has 4 heterocycles. The Kier molecular flexibility index (Phi) is 11.8. The number of halogens is 1. The molecule has 2 aliphatic rings. The molecule has 2 aromatic heterocycles. The van der Waals surface area contributed by atoms with Crippen LogP contribution in [0.2, 0.25) is 0 Å². The summed E-state index contributed by atoms with van der Waals surface area (Å²) in [6.07, 6.45) is 3.59. The maximum Gasteiger partial charge on any atom is 0.256 e. The molecule has 10 heteroatoms. The van der Waals surface area contributed by atoms with Gasteiger partial charge in [0.25, 0.3) is 5.91 Å². The van der Waals surface area contributed by atoms with E-state index in [1.807, 2.05) is 46.0 Å². The molecule has 0 unspecified atom stereocenters. The van der Waals surface area contributed by atoms with Crippen molar-refractivity contribution in [2.45, 2.75) is 54.1 Å². The van der Waals surface area contributed by atoms with Gasteiger partial charge in [0, 0.05) is 74.5 Å². The van der Waals surface area contributed by atoms with Crippen LogP contribution in [0.4, 0.5) is 16.0 Å². The number of fused-ring (bicyclic) bond motifs is 1. The smallest absolute Gasteiger partial charge is 0.256 e. The van der Waals surface area contributed by atoms with Crippen molar-refractivity contribution in [3.63, 3.8) is 0 Å². The minimum atomic E-state index is -0.561.